The SMILES string of the molecule is Cc1ccc(NC(=O)[C@@H](C)OC(=O)c2cc(Cl)nc3ccccc23)c(C)c1. The zero-order valence-corrected chi connectivity index (χ0v) is 16.0. The fourth-order valence-electron chi connectivity index (χ4n) is 2.78. The number of carbonyl (C=O) groups is 2. The van der Waals surface area contributed by atoms with E-state index in [4.69, 9.17) is 16.3 Å². The number of para-hydroxylation sites is 1. The molecule has 1 N–H and O–H groups in total. The van der Waals surface area contributed by atoms with Crippen molar-refractivity contribution in [3.8, 4) is 0 Å². The van der Waals surface area contributed by atoms with Crippen LogP contribution in [0.2, 0.25) is 5.15 Å². The quantitative estimate of drug-likeness (QED) is 0.525. The lowest BCUT2D eigenvalue weighted by Crippen LogP contribution is -2.30. The number of anilines is 1. The van der Waals surface area contributed by atoms with Gasteiger partial charge in [-0.3, -0.25) is 4.79 Å². The van der Waals surface area contributed by atoms with Crippen molar-refractivity contribution in [3.63, 3.8) is 0 Å². The number of nitrogens with one attached hydrogen (secondary N) is 1. The smallest absolute Gasteiger partial charge is 0.339 e. The Morgan fingerprint density at radius 3 is 2.59 bits per heavy atom. The van der Waals surface area contributed by atoms with Gasteiger partial charge >= 0.3 is 5.97 Å². The topological polar surface area (TPSA) is 68.3 Å². The Morgan fingerprint density at radius 1 is 1.11 bits per heavy atom. The first-order chi connectivity index (χ1) is 12.8. The summed E-state index contributed by atoms with van der Waals surface area (Å²) >= 11 is 6.01. The molecular weight excluding hydrogens is 364 g/mol. The van der Waals surface area contributed by atoms with Gasteiger partial charge in [-0.25, -0.2) is 9.78 Å². The van der Waals surface area contributed by atoms with E-state index in [-0.39, 0.29) is 10.7 Å². The van der Waals surface area contributed by atoms with E-state index in [1.807, 2.05) is 32.0 Å². The second-order valence-corrected chi connectivity index (χ2v) is 6.75. The standard InChI is InChI=1S/C21H19ClN2O3/c1-12-8-9-17(13(2)10-12)24-20(25)14(3)27-21(26)16-11-19(22)23-18-7-5-4-6-15(16)18/h4-11,14H,1-3H3,(H,24,25)/t14-/m1/s1. The van der Waals surface area contributed by atoms with Crippen LogP contribution < -0.4 is 5.32 Å². The van der Waals surface area contributed by atoms with Crippen molar-refractivity contribution in [1.82, 2.24) is 4.98 Å². The lowest BCUT2D eigenvalue weighted by Gasteiger charge is -2.15. The van der Waals surface area contributed by atoms with Gasteiger partial charge in [-0.2, -0.15) is 0 Å². The van der Waals surface area contributed by atoms with Crippen molar-refractivity contribution in [3.05, 3.63) is 70.4 Å². The first kappa shape index (κ1) is 18.9. The molecule has 0 aliphatic rings. The van der Waals surface area contributed by atoms with E-state index in [0.717, 1.165) is 11.1 Å². The van der Waals surface area contributed by atoms with Crippen LogP contribution in [0.15, 0.2) is 48.5 Å². The number of aromatic nitrogens is 1. The lowest BCUT2D eigenvalue weighted by molar-refractivity contribution is -0.123. The maximum atomic E-state index is 12.6. The third kappa shape index (κ3) is 4.26. The molecule has 3 rings (SSSR count). The number of nitrogens with zero attached hydrogens (tertiary/aromatic N) is 1. The number of halogens is 1. The summed E-state index contributed by atoms with van der Waals surface area (Å²) in [5, 5.41) is 3.60. The maximum absolute atomic E-state index is 12.6. The Morgan fingerprint density at radius 2 is 1.85 bits per heavy atom. The summed E-state index contributed by atoms with van der Waals surface area (Å²) in [6, 6.07) is 14.3. The number of amides is 1. The van der Waals surface area contributed by atoms with Crippen LogP contribution in [0.1, 0.15) is 28.4 Å². The van der Waals surface area contributed by atoms with Gasteiger partial charge in [-0.1, -0.05) is 47.5 Å². The fourth-order valence-corrected chi connectivity index (χ4v) is 2.98. The van der Waals surface area contributed by atoms with Crippen LogP contribution in [-0.4, -0.2) is 23.0 Å². The van der Waals surface area contributed by atoms with Crippen LogP contribution in [0.3, 0.4) is 0 Å². The maximum Gasteiger partial charge on any atom is 0.339 e. The number of aryl methyl sites for hydroxylation is 2. The van der Waals surface area contributed by atoms with Gasteiger partial charge in [0, 0.05) is 11.1 Å². The summed E-state index contributed by atoms with van der Waals surface area (Å²) in [5.74, 6) is -1.03. The molecule has 1 amide bonds. The molecule has 0 aliphatic carbocycles. The molecule has 1 heterocycles. The largest absolute Gasteiger partial charge is 0.449 e. The lowest BCUT2D eigenvalue weighted by atomic mass is 10.1. The number of hydrogen-bond donors (Lipinski definition) is 1. The minimum absolute atomic E-state index is 0.188. The predicted octanol–water partition coefficient (Wildman–Crippen LogP) is 4.69. The van der Waals surface area contributed by atoms with Crippen molar-refractivity contribution in [1.29, 1.82) is 0 Å². The van der Waals surface area contributed by atoms with E-state index < -0.39 is 18.0 Å². The van der Waals surface area contributed by atoms with Crippen LogP contribution in [-0.2, 0) is 9.53 Å². The van der Waals surface area contributed by atoms with E-state index in [0.29, 0.717) is 16.6 Å². The Balaban J connectivity index is 1.77. The van der Waals surface area contributed by atoms with Crippen molar-refractivity contribution >= 4 is 40.1 Å². The highest BCUT2D eigenvalue weighted by molar-refractivity contribution is 6.30. The molecule has 0 unspecified atom stereocenters. The number of pyridine rings is 1. The summed E-state index contributed by atoms with van der Waals surface area (Å²) in [6.07, 6.45) is -0.969. The van der Waals surface area contributed by atoms with Crippen molar-refractivity contribution in [2.24, 2.45) is 0 Å². The molecule has 3 aromatic rings. The first-order valence-corrected chi connectivity index (χ1v) is 8.87. The van der Waals surface area contributed by atoms with Gasteiger partial charge in [-0.05, 0) is 44.5 Å². The number of carbonyl (C=O) groups excluding carboxylic acids is 2. The minimum atomic E-state index is -0.969. The van der Waals surface area contributed by atoms with Gasteiger partial charge < -0.3 is 10.1 Å². The zero-order chi connectivity index (χ0) is 19.6. The molecule has 0 bridgehead atoms. The van der Waals surface area contributed by atoms with Crippen LogP contribution in [0, 0.1) is 13.8 Å². The molecule has 2 aromatic carbocycles. The van der Waals surface area contributed by atoms with Crippen molar-refractivity contribution in [2.45, 2.75) is 26.9 Å². The van der Waals surface area contributed by atoms with E-state index in [1.54, 1.807) is 24.3 Å². The second kappa shape index (κ2) is 7.76. The molecule has 0 radical (unpaired) electrons. The summed E-state index contributed by atoms with van der Waals surface area (Å²) in [5.41, 5.74) is 3.59. The highest BCUT2D eigenvalue weighted by Gasteiger charge is 2.21. The number of ether oxygens (including phenoxy) is 1. The van der Waals surface area contributed by atoms with E-state index in [2.05, 4.69) is 10.3 Å². The zero-order valence-electron chi connectivity index (χ0n) is 15.2. The molecule has 0 saturated heterocycles. The normalized spacial score (nSPS) is 11.9. The van der Waals surface area contributed by atoms with Crippen LogP contribution >= 0.6 is 11.6 Å². The van der Waals surface area contributed by atoms with Gasteiger partial charge in [0.2, 0.25) is 0 Å². The van der Waals surface area contributed by atoms with Gasteiger partial charge in [0.25, 0.3) is 5.91 Å². The summed E-state index contributed by atoms with van der Waals surface area (Å²) in [6.45, 7) is 5.42. The van der Waals surface area contributed by atoms with Crippen LogP contribution in [0.4, 0.5) is 5.69 Å². The third-order valence-electron chi connectivity index (χ3n) is 4.20. The van der Waals surface area contributed by atoms with Crippen molar-refractivity contribution in [2.75, 3.05) is 5.32 Å². The molecule has 27 heavy (non-hydrogen) atoms. The first-order valence-electron chi connectivity index (χ1n) is 8.49. The van der Waals surface area contributed by atoms with E-state index in [1.165, 1.54) is 13.0 Å². The highest BCUT2D eigenvalue weighted by Crippen LogP contribution is 2.22. The molecule has 0 spiro atoms. The average Bonchev–Trinajstić information content (AvgIpc) is 2.63. The number of hydrogen-bond acceptors (Lipinski definition) is 4. The summed E-state index contributed by atoms with van der Waals surface area (Å²) < 4.78 is 5.36. The third-order valence-corrected chi connectivity index (χ3v) is 4.39. The van der Waals surface area contributed by atoms with Gasteiger partial charge in [-0.15, -0.1) is 0 Å². The fraction of sp³-hybridized carbons (Fsp3) is 0.190. The predicted molar refractivity (Wildman–Crippen MR) is 106 cm³/mol. The molecule has 6 heteroatoms. The minimum Gasteiger partial charge on any atom is -0.449 e. The highest BCUT2D eigenvalue weighted by atomic mass is 35.5. The van der Waals surface area contributed by atoms with Crippen LogP contribution in [0.25, 0.3) is 10.9 Å². The van der Waals surface area contributed by atoms with Crippen LogP contribution in [0.5, 0.6) is 0 Å². The molecule has 1 aromatic heterocycles. The number of benzene rings is 2. The molecular formula is C21H19ClN2O3. The van der Waals surface area contributed by atoms with Gasteiger partial charge in [0.1, 0.15) is 5.15 Å². The van der Waals surface area contributed by atoms with Gasteiger partial charge in [0.15, 0.2) is 6.10 Å². The second-order valence-electron chi connectivity index (χ2n) is 6.36. The van der Waals surface area contributed by atoms with E-state index in [9.17, 15) is 9.59 Å². The Labute approximate surface area is 162 Å². The molecule has 0 fully saturated rings. The average molecular weight is 383 g/mol. The number of esters is 1. The molecule has 0 aliphatic heterocycles. The van der Waals surface area contributed by atoms with E-state index >= 15 is 0 Å². The molecule has 1 atom stereocenters. The Hall–Kier alpha value is -2.92. The monoisotopic (exact) mass is 382 g/mol. The molecule has 0 saturated carbocycles. The summed E-state index contributed by atoms with van der Waals surface area (Å²) in [4.78, 5) is 29.2. The van der Waals surface area contributed by atoms with Crippen molar-refractivity contribution < 1.29 is 14.3 Å². The number of fused-ring (bicyclic) bond motifs is 1. The number of rotatable bonds is 4. The molecule has 138 valence electrons. The Kier molecular flexibility index (Phi) is 5.42. The molecule has 5 nitrogen and oxygen atoms in total. The van der Waals surface area contributed by atoms with Gasteiger partial charge in [0.05, 0.1) is 11.1 Å². The summed E-state index contributed by atoms with van der Waals surface area (Å²) in [7, 11) is 0. The Bertz CT molecular complexity index is 1030.